The fourth-order valence-corrected chi connectivity index (χ4v) is 3.05. The minimum Gasteiger partial charge on any atom is -0.366 e. The Morgan fingerprint density at radius 1 is 1.33 bits per heavy atom. The van der Waals surface area contributed by atoms with Crippen LogP contribution in [0.4, 0.5) is 5.82 Å². The summed E-state index contributed by atoms with van der Waals surface area (Å²) < 4.78 is 0.799. The summed E-state index contributed by atoms with van der Waals surface area (Å²) in [6, 6.07) is 4.52. The molecule has 2 aromatic rings. The van der Waals surface area contributed by atoms with E-state index in [0.717, 1.165) is 47.3 Å². The first-order chi connectivity index (χ1) is 8.81. The number of thiophene rings is 1. The molecule has 96 valence electrons. The Balaban J connectivity index is 1.69. The number of nitrogens with one attached hydrogen (secondary N) is 3. The maximum absolute atomic E-state index is 5.93. The number of nitrogens with zero attached hydrogens (tertiary/aromatic N) is 1. The van der Waals surface area contributed by atoms with Gasteiger partial charge in [-0.25, -0.2) is 0 Å². The van der Waals surface area contributed by atoms with Gasteiger partial charge in [0, 0.05) is 23.1 Å². The summed E-state index contributed by atoms with van der Waals surface area (Å²) in [7, 11) is 0. The van der Waals surface area contributed by atoms with Crippen molar-refractivity contribution in [3.05, 3.63) is 21.8 Å². The summed E-state index contributed by atoms with van der Waals surface area (Å²) in [5, 5.41) is 16.2. The molecule has 1 fully saturated rings. The third-order valence-electron chi connectivity index (χ3n) is 3.15. The molecule has 0 saturated carbocycles. The van der Waals surface area contributed by atoms with Gasteiger partial charge in [0.2, 0.25) is 0 Å². The largest absolute Gasteiger partial charge is 0.366 e. The third kappa shape index (κ3) is 2.68. The summed E-state index contributed by atoms with van der Waals surface area (Å²) >= 11 is 7.47. The number of H-pyrrole nitrogens is 1. The standard InChI is InChI=1S/C12H15ClN4S/c13-11-5-8(7-18-11)10-6-12(17-16-10)15-9-1-3-14-4-2-9/h5-7,9,14H,1-4H2,(H2,15,16,17). The molecule has 0 aromatic carbocycles. The molecule has 3 N–H and O–H groups in total. The molecule has 0 aliphatic carbocycles. The second-order valence-corrected chi connectivity index (χ2v) is 6.02. The molecule has 1 aliphatic heterocycles. The van der Waals surface area contributed by atoms with Gasteiger partial charge in [-0.15, -0.1) is 11.3 Å². The molecule has 0 atom stereocenters. The number of rotatable bonds is 3. The van der Waals surface area contributed by atoms with Crippen molar-refractivity contribution in [2.24, 2.45) is 0 Å². The van der Waals surface area contributed by atoms with E-state index in [1.165, 1.54) is 11.3 Å². The van der Waals surface area contributed by atoms with Crippen molar-refractivity contribution in [3.8, 4) is 11.3 Å². The van der Waals surface area contributed by atoms with E-state index in [4.69, 9.17) is 11.6 Å². The Kier molecular flexibility index (Phi) is 3.54. The molecule has 4 nitrogen and oxygen atoms in total. The van der Waals surface area contributed by atoms with Crippen molar-refractivity contribution in [2.45, 2.75) is 18.9 Å². The molecular formula is C12H15ClN4S. The number of hydrogen-bond acceptors (Lipinski definition) is 4. The van der Waals surface area contributed by atoms with Crippen LogP contribution in [0.3, 0.4) is 0 Å². The molecule has 0 unspecified atom stereocenters. The number of aromatic amines is 1. The summed E-state index contributed by atoms with van der Waals surface area (Å²) in [5.41, 5.74) is 2.10. The lowest BCUT2D eigenvalue weighted by Gasteiger charge is -2.23. The first kappa shape index (κ1) is 12.0. The number of halogens is 1. The van der Waals surface area contributed by atoms with Crippen molar-refractivity contribution in [1.29, 1.82) is 0 Å². The predicted molar refractivity (Wildman–Crippen MR) is 76.4 cm³/mol. The van der Waals surface area contributed by atoms with Crippen LogP contribution in [0, 0.1) is 0 Å². The second kappa shape index (κ2) is 5.30. The third-order valence-corrected chi connectivity index (χ3v) is 4.24. The normalized spacial score (nSPS) is 16.9. The Bertz CT molecular complexity index is 516. The van der Waals surface area contributed by atoms with Crippen molar-refractivity contribution >= 4 is 28.8 Å². The average Bonchev–Trinajstić information content (AvgIpc) is 2.99. The van der Waals surface area contributed by atoms with Gasteiger partial charge >= 0.3 is 0 Å². The number of anilines is 1. The molecule has 0 spiro atoms. The summed E-state index contributed by atoms with van der Waals surface area (Å²) in [4.78, 5) is 0. The zero-order valence-electron chi connectivity index (χ0n) is 9.87. The van der Waals surface area contributed by atoms with Crippen LogP contribution in [0.2, 0.25) is 4.34 Å². The fourth-order valence-electron chi connectivity index (χ4n) is 2.17. The highest BCUT2D eigenvalue weighted by atomic mass is 35.5. The SMILES string of the molecule is Clc1cc(-c2cc(NC3CCNCC3)n[nH]2)cs1. The lowest BCUT2D eigenvalue weighted by Crippen LogP contribution is -2.35. The molecule has 18 heavy (non-hydrogen) atoms. The average molecular weight is 283 g/mol. The molecule has 0 radical (unpaired) electrons. The van der Waals surface area contributed by atoms with E-state index in [2.05, 4.69) is 20.8 Å². The van der Waals surface area contributed by atoms with Crippen LogP contribution in [-0.2, 0) is 0 Å². The van der Waals surface area contributed by atoms with Crippen molar-refractivity contribution in [1.82, 2.24) is 15.5 Å². The van der Waals surface area contributed by atoms with Crippen LogP contribution in [0.5, 0.6) is 0 Å². The Labute approximate surface area is 115 Å². The quantitative estimate of drug-likeness (QED) is 0.811. The van der Waals surface area contributed by atoms with E-state index in [1.807, 2.05) is 17.5 Å². The van der Waals surface area contributed by atoms with Crippen LogP contribution in [-0.4, -0.2) is 29.3 Å². The topological polar surface area (TPSA) is 52.7 Å². The Hall–Kier alpha value is -1.04. The molecule has 1 saturated heterocycles. The molecule has 6 heteroatoms. The van der Waals surface area contributed by atoms with Gasteiger partial charge in [-0.1, -0.05) is 11.6 Å². The first-order valence-corrected chi connectivity index (χ1v) is 7.34. The van der Waals surface area contributed by atoms with Crippen LogP contribution in [0.25, 0.3) is 11.3 Å². The smallest absolute Gasteiger partial charge is 0.148 e. The van der Waals surface area contributed by atoms with E-state index in [9.17, 15) is 0 Å². The highest BCUT2D eigenvalue weighted by Crippen LogP contribution is 2.28. The Morgan fingerprint density at radius 3 is 2.89 bits per heavy atom. The minimum atomic E-state index is 0.522. The van der Waals surface area contributed by atoms with E-state index < -0.39 is 0 Å². The molecule has 3 heterocycles. The summed E-state index contributed by atoms with van der Waals surface area (Å²) in [6.07, 6.45) is 2.29. The highest BCUT2D eigenvalue weighted by Gasteiger charge is 2.14. The van der Waals surface area contributed by atoms with Gasteiger partial charge in [0.05, 0.1) is 10.0 Å². The predicted octanol–water partition coefficient (Wildman–Crippen LogP) is 2.96. The molecule has 2 aromatic heterocycles. The number of piperidine rings is 1. The monoisotopic (exact) mass is 282 g/mol. The van der Waals surface area contributed by atoms with Gasteiger partial charge in [-0.05, 0) is 32.0 Å². The minimum absolute atomic E-state index is 0.522. The van der Waals surface area contributed by atoms with Gasteiger partial charge < -0.3 is 10.6 Å². The van der Waals surface area contributed by atoms with E-state index in [1.54, 1.807) is 0 Å². The molecular weight excluding hydrogens is 268 g/mol. The van der Waals surface area contributed by atoms with Crippen LogP contribution in [0.15, 0.2) is 17.5 Å². The van der Waals surface area contributed by atoms with Gasteiger partial charge in [-0.3, -0.25) is 5.10 Å². The number of aromatic nitrogens is 2. The lowest BCUT2D eigenvalue weighted by atomic mass is 10.1. The molecule has 3 rings (SSSR count). The van der Waals surface area contributed by atoms with Crippen LogP contribution in [0.1, 0.15) is 12.8 Å². The van der Waals surface area contributed by atoms with Crippen molar-refractivity contribution in [3.63, 3.8) is 0 Å². The Morgan fingerprint density at radius 2 is 2.17 bits per heavy atom. The van der Waals surface area contributed by atoms with Crippen molar-refractivity contribution < 1.29 is 0 Å². The zero-order chi connectivity index (χ0) is 12.4. The maximum atomic E-state index is 5.93. The molecule has 0 bridgehead atoms. The molecule has 1 aliphatic rings. The highest BCUT2D eigenvalue weighted by molar-refractivity contribution is 7.14. The number of hydrogen-bond donors (Lipinski definition) is 3. The van der Waals surface area contributed by atoms with E-state index in [-0.39, 0.29) is 0 Å². The zero-order valence-corrected chi connectivity index (χ0v) is 11.4. The summed E-state index contributed by atoms with van der Waals surface area (Å²) in [6.45, 7) is 2.16. The second-order valence-electron chi connectivity index (χ2n) is 4.47. The fraction of sp³-hybridized carbons (Fsp3) is 0.417. The van der Waals surface area contributed by atoms with Crippen LogP contribution >= 0.6 is 22.9 Å². The van der Waals surface area contributed by atoms with Gasteiger partial charge in [0.1, 0.15) is 5.82 Å². The molecule has 0 amide bonds. The summed E-state index contributed by atoms with van der Waals surface area (Å²) in [5.74, 6) is 0.916. The van der Waals surface area contributed by atoms with Gasteiger partial charge in [0.15, 0.2) is 0 Å². The van der Waals surface area contributed by atoms with Gasteiger partial charge in [0.25, 0.3) is 0 Å². The maximum Gasteiger partial charge on any atom is 0.148 e. The first-order valence-electron chi connectivity index (χ1n) is 6.08. The van der Waals surface area contributed by atoms with E-state index in [0.29, 0.717) is 6.04 Å². The van der Waals surface area contributed by atoms with Crippen molar-refractivity contribution in [2.75, 3.05) is 18.4 Å². The lowest BCUT2D eigenvalue weighted by molar-refractivity contribution is 0.478. The van der Waals surface area contributed by atoms with Crippen LogP contribution < -0.4 is 10.6 Å². The van der Waals surface area contributed by atoms with Gasteiger partial charge in [-0.2, -0.15) is 5.10 Å². The van der Waals surface area contributed by atoms with E-state index >= 15 is 0 Å².